The van der Waals surface area contributed by atoms with Crippen LogP contribution in [0.25, 0.3) is 0 Å². The standard InChI is InChI=1S/C15H24N4O/c1-18-8-6-11(7-9-18)10-19(2)13-5-3-4-12(14(13)16)15(17)20/h3-5,11H,6-10,16H2,1-2H3,(H2,17,20). The van der Waals surface area contributed by atoms with Gasteiger partial charge in [0.05, 0.1) is 16.9 Å². The number of rotatable bonds is 4. The van der Waals surface area contributed by atoms with Crippen molar-refractivity contribution in [2.24, 2.45) is 11.7 Å². The second-order valence-corrected chi connectivity index (χ2v) is 5.73. The fourth-order valence-corrected chi connectivity index (χ4v) is 2.83. The van der Waals surface area contributed by atoms with E-state index in [9.17, 15) is 4.79 Å². The number of para-hydroxylation sites is 1. The van der Waals surface area contributed by atoms with Crippen LogP contribution in [0, 0.1) is 5.92 Å². The number of anilines is 2. The molecule has 1 aliphatic rings. The van der Waals surface area contributed by atoms with Crippen molar-refractivity contribution in [2.75, 3.05) is 44.4 Å². The molecule has 20 heavy (non-hydrogen) atoms. The highest BCUT2D eigenvalue weighted by Crippen LogP contribution is 2.27. The Labute approximate surface area is 120 Å². The number of carbonyl (C=O) groups excluding carboxylic acids is 1. The maximum absolute atomic E-state index is 11.3. The normalized spacial score (nSPS) is 17.1. The first-order chi connectivity index (χ1) is 9.49. The van der Waals surface area contributed by atoms with E-state index < -0.39 is 5.91 Å². The minimum atomic E-state index is -0.475. The summed E-state index contributed by atoms with van der Waals surface area (Å²) in [5, 5.41) is 0. The summed E-state index contributed by atoms with van der Waals surface area (Å²) >= 11 is 0. The maximum atomic E-state index is 11.3. The van der Waals surface area contributed by atoms with E-state index in [4.69, 9.17) is 11.5 Å². The molecule has 0 unspecified atom stereocenters. The van der Waals surface area contributed by atoms with Crippen molar-refractivity contribution in [1.82, 2.24) is 4.90 Å². The van der Waals surface area contributed by atoms with Gasteiger partial charge in [-0.2, -0.15) is 0 Å². The number of piperidine rings is 1. The number of nitrogen functional groups attached to an aromatic ring is 1. The van der Waals surface area contributed by atoms with E-state index in [2.05, 4.69) is 16.8 Å². The first kappa shape index (κ1) is 14.7. The molecule has 0 radical (unpaired) electrons. The Bertz CT molecular complexity index is 481. The highest BCUT2D eigenvalue weighted by molar-refractivity contribution is 6.00. The predicted molar refractivity (Wildman–Crippen MR) is 82.9 cm³/mol. The Kier molecular flexibility index (Phi) is 4.49. The number of benzene rings is 1. The van der Waals surface area contributed by atoms with E-state index in [1.54, 1.807) is 6.07 Å². The molecule has 0 atom stereocenters. The molecule has 4 N–H and O–H groups in total. The summed E-state index contributed by atoms with van der Waals surface area (Å²) in [5.41, 5.74) is 13.2. The van der Waals surface area contributed by atoms with Crippen molar-refractivity contribution >= 4 is 17.3 Å². The van der Waals surface area contributed by atoms with Crippen LogP contribution >= 0.6 is 0 Å². The molecule has 1 aromatic carbocycles. The predicted octanol–water partition coefficient (Wildman–Crippen LogP) is 1.15. The summed E-state index contributed by atoms with van der Waals surface area (Å²) in [6.45, 7) is 3.25. The smallest absolute Gasteiger partial charge is 0.250 e. The van der Waals surface area contributed by atoms with Gasteiger partial charge in [-0.3, -0.25) is 4.79 Å². The van der Waals surface area contributed by atoms with Crippen molar-refractivity contribution in [3.8, 4) is 0 Å². The maximum Gasteiger partial charge on any atom is 0.250 e. The molecule has 5 heteroatoms. The SMILES string of the molecule is CN1CCC(CN(C)c2cccc(C(N)=O)c2N)CC1. The summed E-state index contributed by atoms with van der Waals surface area (Å²) in [7, 11) is 4.18. The lowest BCUT2D eigenvalue weighted by Gasteiger charge is -2.33. The fraction of sp³-hybridized carbons (Fsp3) is 0.533. The van der Waals surface area contributed by atoms with Gasteiger partial charge in [-0.1, -0.05) is 6.07 Å². The van der Waals surface area contributed by atoms with E-state index in [1.165, 1.54) is 12.8 Å². The Hall–Kier alpha value is -1.75. The van der Waals surface area contributed by atoms with Crippen LogP contribution in [0.4, 0.5) is 11.4 Å². The van der Waals surface area contributed by atoms with Crippen LogP contribution in [0.5, 0.6) is 0 Å². The van der Waals surface area contributed by atoms with Crippen molar-refractivity contribution in [3.05, 3.63) is 23.8 Å². The van der Waals surface area contributed by atoms with Crippen LogP contribution in [0.3, 0.4) is 0 Å². The summed E-state index contributed by atoms with van der Waals surface area (Å²) in [5.74, 6) is 0.199. The third-order valence-electron chi connectivity index (χ3n) is 4.13. The quantitative estimate of drug-likeness (QED) is 0.809. The molecule has 2 rings (SSSR count). The highest BCUT2D eigenvalue weighted by atomic mass is 16.1. The molecule has 1 saturated heterocycles. The minimum absolute atomic E-state index is 0.401. The second-order valence-electron chi connectivity index (χ2n) is 5.73. The zero-order chi connectivity index (χ0) is 14.7. The van der Waals surface area contributed by atoms with Gasteiger partial charge in [-0.15, -0.1) is 0 Å². The van der Waals surface area contributed by atoms with Gasteiger partial charge in [0.25, 0.3) is 5.91 Å². The number of hydrogen-bond acceptors (Lipinski definition) is 4. The van der Waals surface area contributed by atoms with Gasteiger partial charge in [-0.05, 0) is 51.0 Å². The van der Waals surface area contributed by atoms with Crippen LogP contribution in [0.1, 0.15) is 23.2 Å². The van der Waals surface area contributed by atoms with Gasteiger partial charge in [-0.25, -0.2) is 0 Å². The molecule has 0 aromatic heterocycles. The lowest BCUT2D eigenvalue weighted by molar-refractivity contribution is 0.100. The van der Waals surface area contributed by atoms with E-state index in [1.807, 2.05) is 19.2 Å². The number of hydrogen-bond donors (Lipinski definition) is 2. The lowest BCUT2D eigenvalue weighted by atomic mass is 9.96. The van der Waals surface area contributed by atoms with Crippen LogP contribution in [0.2, 0.25) is 0 Å². The van der Waals surface area contributed by atoms with Gasteiger partial charge in [0.15, 0.2) is 0 Å². The lowest BCUT2D eigenvalue weighted by Crippen LogP contribution is -2.36. The molecule has 1 amide bonds. The molecule has 0 aliphatic carbocycles. The summed E-state index contributed by atoms with van der Waals surface area (Å²) in [4.78, 5) is 15.8. The molecule has 5 nitrogen and oxygen atoms in total. The number of nitrogens with zero attached hydrogens (tertiary/aromatic N) is 2. The zero-order valence-corrected chi connectivity index (χ0v) is 12.3. The largest absolute Gasteiger partial charge is 0.396 e. The summed E-state index contributed by atoms with van der Waals surface area (Å²) in [6, 6.07) is 5.44. The molecule has 0 bridgehead atoms. The first-order valence-electron chi connectivity index (χ1n) is 7.07. The number of likely N-dealkylation sites (tertiary alicyclic amines) is 1. The van der Waals surface area contributed by atoms with Gasteiger partial charge in [0.2, 0.25) is 0 Å². The van der Waals surface area contributed by atoms with Crippen molar-refractivity contribution < 1.29 is 4.79 Å². The third kappa shape index (κ3) is 3.22. The molecule has 0 saturated carbocycles. The van der Waals surface area contributed by atoms with Crippen molar-refractivity contribution in [1.29, 1.82) is 0 Å². The van der Waals surface area contributed by atoms with Crippen LogP contribution in [0.15, 0.2) is 18.2 Å². The summed E-state index contributed by atoms with van der Waals surface area (Å²) < 4.78 is 0. The average Bonchev–Trinajstić information content (AvgIpc) is 2.41. The Morgan fingerprint density at radius 3 is 2.65 bits per heavy atom. The summed E-state index contributed by atoms with van der Waals surface area (Å²) in [6.07, 6.45) is 2.41. The van der Waals surface area contributed by atoms with Crippen molar-refractivity contribution in [3.63, 3.8) is 0 Å². The van der Waals surface area contributed by atoms with Crippen LogP contribution < -0.4 is 16.4 Å². The monoisotopic (exact) mass is 276 g/mol. The van der Waals surface area contributed by atoms with E-state index in [-0.39, 0.29) is 0 Å². The van der Waals surface area contributed by atoms with Gasteiger partial charge < -0.3 is 21.3 Å². The van der Waals surface area contributed by atoms with Crippen LogP contribution in [-0.4, -0.2) is 44.5 Å². The number of primary amides is 1. The van der Waals surface area contributed by atoms with E-state index in [0.29, 0.717) is 17.2 Å². The average molecular weight is 276 g/mol. The molecule has 1 aromatic rings. The number of carbonyl (C=O) groups is 1. The Balaban J connectivity index is 2.07. The Morgan fingerprint density at radius 2 is 2.05 bits per heavy atom. The zero-order valence-electron chi connectivity index (χ0n) is 12.3. The van der Waals surface area contributed by atoms with E-state index >= 15 is 0 Å². The molecule has 1 heterocycles. The molecular weight excluding hydrogens is 252 g/mol. The first-order valence-corrected chi connectivity index (χ1v) is 7.07. The third-order valence-corrected chi connectivity index (χ3v) is 4.13. The number of amides is 1. The fourth-order valence-electron chi connectivity index (χ4n) is 2.83. The highest BCUT2D eigenvalue weighted by Gasteiger charge is 2.20. The van der Waals surface area contributed by atoms with Gasteiger partial charge >= 0.3 is 0 Å². The molecule has 1 fully saturated rings. The number of nitrogens with two attached hydrogens (primary N) is 2. The molecule has 110 valence electrons. The van der Waals surface area contributed by atoms with Gasteiger partial charge in [0.1, 0.15) is 0 Å². The van der Waals surface area contributed by atoms with Crippen molar-refractivity contribution in [2.45, 2.75) is 12.8 Å². The molecule has 1 aliphatic heterocycles. The molecular formula is C15H24N4O. The molecule has 0 spiro atoms. The second kappa shape index (κ2) is 6.13. The van der Waals surface area contributed by atoms with Gasteiger partial charge in [0, 0.05) is 13.6 Å². The van der Waals surface area contributed by atoms with Crippen LogP contribution in [-0.2, 0) is 0 Å². The Morgan fingerprint density at radius 1 is 1.40 bits per heavy atom. The minimum Gasteiger partial charge on any atom is -0.396 e. The van der Waals surface area contributed by atoms with E-state index in [0.717, 1.165) is 25.3 Å². The topological polar surface area (TPSA) is 75.6 Å².